The minimum Gasteiger partial charge on any atom is -0.496 e. The van der Waals surface area contributed by atoms with Crippen LogP contribution in [0, 0.1) is 6.92 Å². The average molecular weight is 262 g/mol. The van der Waals surface area contributed by atoms with Gasteiger partial charge in [-0.05, 0) is 69.4 Å². The number of benzene rings is 1. The molecule has 1 fully saturated rings. The number of rotatable bonds is 7. The molecule has 0 saturated carbocycles. The summed E-state index contributed by atoms with van der Waals surface area (Å²) in [6.07, 6.45) is 5.03. The number of hydrogen-bond acceptors (Lipinski definition) is 3. The molecule has 3 heteroatoms. The van der Waals surface area contributed by atoms with Gasteiger partial charge >= 0.3 is 0 Å². The van der Waals surface area contributed by atoms with E-state index in [4.69, 9.17) is 4.74 Å². The molecule has 0 radical (unpaired) electrons. The molecule has 2 rings (SSSR count). The minimum atomic E-state index is 0.746. The van der Waals surface area contributed by atoms with Crippen molar-refractivity contribution in [3.05, 3.63) is 29.3 Å². The first-order chi connectivity index (χ1) is 9.29. The van der Waals surface area contributed by atoms with Gasteiger partial charge in [0.1, 0.15) is 5.75 Å². The van der Waals surface area contributed by atoms with E-state index < -0.39 is 0 Å². The smallest absolute Gasteiger partial charge is 0.121 e. The summed E-state index contributed by atoms with van der Waals surface area (Å²) in [7, 11) is 1.72. The molecule has 1 aliphatic heterocycles. The molecule has 0 aliphatic carbocycles. The summed E-state index contributed by atoms with van der Waals surface area (Å²) in [4.78, 5) is 0. The second-order valence-electron chi connectivity index (χ2n) is 5.39. The highest BCUT2D eigenvalue weighted by Crippen LogP contribution is 2.18. The summed E-state index contributed by atoms with van der Waals surface area (Å²) < 4.78 is 5.28. The van der Waals surface area contributed by atoms with Crippen LogP contribution in [-0.4, -0.2) is 32.8 Å². The SMILES string of the molecule is COc1ccc(CCNCCC2CCCN2)cc1C. The Morgan fingerprint density at radius 1 is 1.37 bits per heavy atom. The fraction of sp³-hybridized carbons (Fsp3) is 0.625. The van der Waals surface area contributed by atoms with Crippen molar-refractivity contribution < 1.29 is 4.74 Å². The summed E-state index contributed by atoms with van der Waals surface area (Å²) in [5.74, 6) is 0.976. The number of ether oxygens (including phenoxy) is 1. The van der Waals surface area contributed by atoms with Gasteiger partial charge in [-0.2, -0.15) is 0 Å². The van der Waals surface area contributed by atoms with E-state index in [1.54, 1.807) is 7.11 Å². The van der Waals surface area contributed by atoms with Gasteiger partial charge in [-0.25, -0.2) is 0 Å². The zero-order valence-electron chi connectivity index (χ0n) is 12.2. The maximum atomic E-state index is 5.28. The molecule has 0 aromatic heterocycles. The molecule has 106 valence electrons. The molecule has 1 unspecified atom stereocenters. The van der Waals surface area contributed by atoms with Gasteiger partial charge in [0.15, 0.2) is 0 Å². The molecule has 19 heavy (non-hydrogen) atoms. The number of methoxy groups -OCH3 is 1. The van der Waals surface area contributed by atoms with Gasteiger partial charge in [0.2, 0.25) is 0 Å². The molecule has 3 nitrogen and oxygen atoms in total. The molecule has 1 aliphatic rings. The Labute approximate surface area is 116 Å². The Morgan fingerprint density at radius 3 is 2.95 bits per heavy atom. The summed E-state index contributed by atoms with van der Waals surface area (Å²) in [6.45, 7) is 5.47. The van der Waals surface area contributed by atoms with E-state index >= 15 is 0 Å². The van der Waals surface area contributed by atoms with E-state index in [0.717, 1.165) is 31.3 Å². The normalized spacial score (nSPS) is 18.7. The largest absolute Gasteiger partial charge is 0.496 e. The molecule has 1 atom stereocenters. The van der Waals surface area contributed by atoms with Gasteiger partial charge in [0.05, 0.1) is 7.11 Å². The Kier molecular flexibility index (Phi) is 5.67. The van der Waals surface area contributed by atoms with Crippen molar-refractivity contribution in [1.29, 1.82) is 0 Å². The Bertz CT molecular complexity index is 386. The van der Waals surface area contributed by atoms with Crippen LogP contribution in [0.4, 0.5) is 0 Å². The van der Waals surface area contributed by atoms with E-state index in [-0.39, 0.29) is 0 Å². The highest BCUT2D eigenvalue weighted by atomic mass is 16.5. The lowest BCUT2D eigenvalue weighted by Gasteiger charge is -2.11. The molecule has 1 aromatic rings. The van der Waals surface area contributed by atoms with Crippen LogP contribution in [-0.2, 0) is 6.42 Å². The van der Waals surface area contributed by atoms with Crippen LogP contribution in [0.5, 0.6) is 5.75 Å². The maximum absolute atomic E-state index is 5.28. The van der Waals surface area contributed by atoms with E-state index in [9.17, 15) is 0 Å². The quantitative estimate of drug-likeness (QED) is 0.740. The van der Waals surface area contributed by atoms with Crippen molar-refractivity contribution in [1.82, 2.24) is 10.6 Å². The van der Waals surface area contributed by atoms with Crippen LogP contribution in [0.25, 0.3) is 0 Å². The van der Waals surface area contributed by atoms with Gasteiger partial charge < -0.3 is 15.4 Å². The predicted octanol–water partition coefficient (Wildman–Crippen LogP) is 2.28. The van der Waals surface area contributed by atoms with Gasteiger partial charge in [-0.1, -0.05) is 12.1 Å². The summed E-state index contributed by atoms with van der Waals surface area (Å²) in [5.41, 5.74) is 2.60. The third-order valence-corrected chi connectivity index (χ3v) is 3.88. The van der Waals surface area contributed by atoms with E-state index in [0.29, 0.717) is 0 Å². The minimum absolute atomic E-state index is 0.746. The van der Waals surface area contributed by atoms with Crippen LogP contribution < -0.4 is 15.4 Å². The van der Waals surface area contributed by atoms with Gasteiger partial charge in [-0.3, -0.25) is 0 Å². The average Bonchev–Trinajstić information content (AvgIpc) is 2.92. The second kappa shape index (κ2) is 7.51. The molecular weight excluding hydrogens is 236 g/mol. The van der Waals surface area contributed by atoms with Crippen LogP contribution >= 0.6 is 0 Å². The van der Waals surface area contributed by atoms with Crippen molar-refractivity contribution in [2.75, 3.05) is 26.7 Å². The number of hydrogen-bond donors (Lipinski definition) is 2. The van der Waals surface area contributed by atoms with Crippen molar-refractivity contribution >= 4 is 0 Å². The van der Waals surface area contributed by atoms with Crippen molar-refractivity contribution in [2.24, 2.45) is 0 Å². The number of aryl methyl sites for hydroxylation is 1. The molecular formula is C16H26N2O. The predicted molar refractivity (Wildman–Crippen MR) is 79.9 cm³/mol. The second-order valence-corrected chi connectivity index (χ2v) is 5.39. The first-order valence-electron chi connectivity index (χ1n) is 7.37. The first-order valence-corrected chi connectivity index (χ1v) is 7.37. The lowest BCUT2D eigenvalue weighted by atomic mass is 10.1. The lowest BCUT2D eigenvalue weighted by molar-refractivity contribution is 0.411. The summed E-state index contributed by atoms with van der Waals surface area (Å²) in [5, 5.41) is 7.07. The molecule has 1 heterocycles. The first kappa shape index (κ1) is 14.4. The fourth-order valence-corrected chi connectivity index (χ4v) is 2.73. The Balaban J connectivity index is 1.63. The van der Waals surface area contributed by atoms with Gasteiger partial charge in [0, 0.05) is 6.04 Å². The third-order valence-electron chi connectivity index (χ3n) is 3.88. The topological polar surface area (TPSA) is 33.3 Å². The third kappa shape index (κ3) is 4.51. The Hall–Kier alpha value is -1.06. The fourth-order valence-electron chi connectivity index (χ4n) is 2.73. The highest BCUT2D eigenvalue weighted by Gasteiger charge is 2.12. The van der Waals surface area contributed by atoms with Crippen LogP contribution in [0.1, 0.15) is 30.4 Å². The molecule has 2 N–H and O–H groups in total. The van der Waals surface area contributed by atoms with Crippen molar-refractivity contribution in [3.8, 4) is 5.75 Å². The molecule has 1 saturated heterocycles. The highest BCUT2D eigenvalue weighted by molar-refractivity contribution is 5.36. The zero-order valence-corrected chi connectivity index (χ0v) is 12.2. The standard InChI is InChI=1S/C16H26N2O/c1-13-12-14(5-6-16(13)19-2)7-10-17-11-8-15-4-3-9-18-15/h5-6,12,15,17-18H,3-4,7-11H2,1-2H3. The molecule has 0 bridgehead atoms. The summed E-state index contributed by atoms with van der Waals surface area (Å²) >= 11 is 0. The van der Waals surface area contributed by atoms with Gasteiger partial charge in [-0.15, -0.1) is 0 Å². The van der Waals surface area contributed by atoms with Crippen LogP contribution in [0.2, 0.25) is 0 Å². The van der Waals surface area contributed by atoms with Crippen molar-refractivity contribution in [3.63, 3.8) is 0 Å². The Morgan fingerprint density at radius 2 is 2.26 bits per heavy atom. The molecule has 0 spiro atoms. The molecule has 0 amide bonds. The maximum Gasteiger partial charge on any atom is 0.121 e. The van der Waals surface area contributed by atoms with E-state index in [1.807, 2.05) is 0 Å². The van der Waals surface area contributed by atoms with E-state index in [1.165, 1.54) is 36.9 Å². The van der Waals surface area contributed by atoms with Gasteiger partial charge in [0.25, 0.3) is 0 Å². The van der Waals surface area contributed by atoms with E-state index in [2.05, 4.69) is 35.8 Å². The summed E-state index contributed by atoms with van der Waals surface area (Å²) in [6, 6.07) is 7.19. The monoisotopic (exact) mass is 262 g/mol. The molecule has 1 aromatic carbocycles. The number of nitrogens with one attached hydrogen (secondary N) is 2. The van der Waals surface area contributed by atoms with Crippen LogP contribution in [0.15, 0.2) is 18.2 Å². The zero-order chi connectivity index (χ0) is 13.5. The lowest BCUT2D eigenvalue weighted by Crippen LogP contribution is -2.28. The van der Waals surface area contributed by atoms with Crippen LogP contribution in [0.3, 0.4) is 0 Å². The van der Waals surface area contributed by atoms with Crippen molar-refractivity contribution in [2.45, 2.75) is 38.6 Å².